The van der Waals surface area contributed by atoms with E-state index in [9.17, 15) is 14.7 Å². The van der Waals surface area contributed by atoms with Crippen molar-refractivity contribution in [2.45, 2.75) is 77.7 Å². The Labute approximate surface area is 189 Å². The SMILES string of the molecule is COc1ccc([C@@H]2C(C(=O)OC3CCCCC3)=C(C)NC3=C2C(=O)CC(C)(C)C3)cc1O. The first-order valence-electron chi connectivity index (χ1n) is 11.5. The minimum atomic E-state index is -0.581. The highest BCUT2D eigenvalue weighted by atomic mass is 16.5. The molecule has 1 heterocycles. The number of esters is 1. The van der Waals surface area contributed by atoms with Gasteiger partial charge < -0.3 is 19.9 Å². The van der Waals surface area contributed by atoms with E-state index in [1.54, 1.807) is 12.1 Å². The number of dihydropyridines is 1. The van der Waals surface area contributed by atoms with Gasteiger partial charge in [-0.2, -0.15) is 0 Å². The number of phenols is 1. The Bertz CT molecular complexity index is 997. The van der Waals surface area contributed by atoms with Crippen LogP contribution in [0.25, 0.3) is 0 Å². The van der Waals surface area contributed by atoms with Crippen molar-refractivity contribution in [3.8, 4) is 11.5 Å². The second-order valence-corrected chi connectivity index (χ2v) is 10.0. The molecule has 0 unspecified atom stereocenters. The molecule has 1 aromatic rings. The smallest absolute Gasteiger partial charge is 0.337 e. The van der Waals surface area contributed by atoms with Gasteiger partial charge in [0, 0.05) is 29.3 Å². The van der Waals surface area contributed by atoms with E-state index < -0.39 is 5.92 Å². The Morgan fingerprint density at radius 2 is 1.88 bits per heavy atom. The van der Waals surface area contributed by atoms with Crippen LogP contribution in [0.2, 0.25) is 0 Å². The van der Waals surface area contributed by atoms with Crippen LogP contribution >= 0.6 is 0 Å². The summed E-state index contributed by atoms with van der Waals surface area (Å²) in [4.78, 5) is 26.8. The second kappa shape index (κ2) is 8.64. The number of allylic oxidation sites excluding steroid dienone is 3. The van der Waals surface area contributed by atoms with Gasteiger partial charge in [0.2, 0.25) is 0 Å². The molecule has 0 aromatic heterocycles. The van der Waals surface area contributed by atoms with E-state index in [-0.39, 0.29) is 29.0 Å². The molecule has 0 radical (unpaired) electrons. The number of benzene rings is 1. The van der Waals surface area contributed by atoms with Gasteiger partial charge in [0.1, 0.15) is 6.10 Å². The summed E-state index contributed by atoms with van der Waals surface area (Å²) in [5, 5.41) is 13.8. The summed E-state index contributed by atoms with van der Waals surface area (Å²) >= 11 is 0. The standard InChI is InChI=1S/C26H33NO5/c1-15-22(25(30)32-17-8-6-5-7-9-17)23(16-10-11-21(31-4)19(28)12-16)24-18(27-15)13-26(2,3)14-20(24)29/h10-12,17,23,27-28H,5-9,13-14H2,1-4H3/t23-/m1/s1. The molecule has 0 spiro atoms. The number of nitrogens with one attached hydrogen (secondary N) is 1. The van der Waals surface area contributed by atoms with Gasteiger partial charge >= 0.3 is 5.97 Å². The highest BCUT2D eigenvalue weighted by molar-refractivity contribution is 6.04. The highest BCUT2D eigenvalue weighted by Crippen LogP contribution is 2.48. The fourth-order valence-electron chi connectivity index (χ4n) is 5.32. The monoisotopic (exact) mass is 439 g/mol. The number of hydrogen-bond acceptors (Lipinski definition) is 6. The van der Waals surface area contributed by atoms with Crippen molar-refractivity contribution < 1.29 is 24.2 Å². The Morgan fingerprint density at radius 3 is 2.53 bits per heavy atom. The van der Waals surface area contributed by atoms with Crippen LogP contribution in [0.1, 0.15) is 77.2 Å². The molecule has 2 N–H and O–H groups in total. The molecule has 32 heavy (non-hydrogen) atoms. The van der Waals surface area contributed by atoms with Crippen LogP contribution < -0.4 is 10.1 Å². The highest BCUT2D eigenvalue weighted by Gasteiger charge is 2.43. The molecule has 0 amide bonds. The van der Waals surface area contributed by atoms with Gasteiger partial charge in [-0.05, 0) is 62.1 Å². The van der Waals surface area contributed by atoms with Crippen LogP contribution in [0.4, 0.5) is 0 Å². The number of carbonyl (C=O) groups is 2. The minimum Gasteiger partial charge on any atom is -0.504 e. The van der Waals surface area contributed by atoms with E-state index in [0.717, 1.165) is 37.8 Å². The maximum Gasteiger partial charge on any atom is 0.337 e. The first-order valence-corrected chi connectivity index (χ1v) is 11.5. The fraction of sp³-hybridized carbons (Fsp3) is 0.538. The molecule has 172 valence electrons. The number of hydrogen-bond donors (Lipinski definition) is 2. The molecule has 1 aliphatic heterocycles. The number of carbonyl (C=O) groups excluding carboxylic acids is 2. The van der Waals surface area contributed by atoms with Gasteiger partial charge in [0.05, 0.1) is 12.7 Å². The van der Waals surface area contributed by atoms with Crippen molar-refractivity contribution in [3.63, 3.8) is 0 Å². The normalized spacial score (nSPS) is 23.5. The van der Waals surface area contributed by atoms with Crippen LogP contribution in [0, 0.1) is 5.41 Å². The Kier molecular flexibility index (Phi) is 6.06. The van der Waals surface area contributed by atoms with Crippen LogP contribution in [0.3, 0.4) is 0 Å². The number of Topliss-reactive ketones (excluding diaryl/α,β-unsaturated/α-hetero) is 1. The van der Waals surface area contributed by atoms with E-state index in [0.29, 0.717) is 34.6 Å². The summed E-state index contributed by atoms with van der Waals surface area (Å²) in [5.41, 5.74) is 3.14. The predicted molar refractivity (Wildman–Crippen MR) is 121 cm³/mol. The molecule has 1 saturated carbocycles. The number of rotatable bonds is 4. The molecule has 3 aliphatic rings. The number of aromatic hydroxyl groups is 1. The molecule has 4 rings (SSSR count). The van der Waals surface area contributed by atoms with E-state index >= 15 is 0 Å². The summed E-state index contributed by atoms with van der Waals surface area (Å²) in [6.07, 6.45) is 6.09. The molecule has 0 bridgehead atoms. The van der Waals surface area contributed by atoms with E-state index in [2.05, 4.69) is 19.2 Å². The molecule has 6 nitrogen and oxygen atoms in total. The maximum atomic E-state index is 13.4. The first kappa shape index (κ1) is 22.4. The maximum absolute atomic E-state index is 13.4. The van der Waals surface area contributed by atoms with Gasteiger partial charge in [0.15, 0.2) is 17.3 Å². The number of phenolic OH excluding ortho intramolecular Hbond substituents is 1. The topological polar surface area (TPSA) is 84.9 Å². The zero-order valence-electron chi connectivity index (χ0n) is 19.4. The van der Waals surface area contributed by atoms with Gasteiger partial charge in [-0.25, -0.2) is 4.79 Å². The summed E-state index contributed by atoms with van der Waals surface area (Å²) in [7, 11) is 1.49. The Hall–Kier alpha value is -2.76. The molecular formula is C26H33NO5. The van der Waals surface area contributed by atoms with E-state index in [4.69, 9.17) is 9.47 Å². The van der Waals surface area contributed by atoms with Gasteiger partial charge in [-0.15, -0.1) is 0 Å². The first-order chi connectivity index (χ1) is 15.2. The lowest BCUT2D eigenvalue weighted by molar-refractivity contribution is -0.146. The third-order valence-corrected chi connectivity index (χ3v) is 6.82. The summed E-state index contributed by atoms with van der Waals surface area (Å²) in [6, 6.07) is 5.07. The molecule has 1 atom stereocenters. The van der Waals surface area contributed by atoms with Gasteiger partial charge in [0.25, 0.3) is 0 Å². The third kappa shape index (κ3) is 4.27. The molecule has 2 aliphatic carbocycles. The van der Waals surface area contributed by atoms with Crippen LogP contribution in [-0.4, -0.2) is 30.1 Å². The molecule has 1 fully saturated rings. The lowest BCUT2D eigenvalue weighted by atomic mass is 9.68. The Balaban J connectivity index is 1.78. The van der Waals surface area contributed by atoms with Crippen LogP contribution in [0.5, 0.6) is 11.5 Å². The minimum absolute atomic E-state index is 0.0214. The zero-order chi connectivity index (χ0) is 23.0. The van der Waals surface area contributed by atoms with Crippen molar-refractivity contribution >= 4 is 11.8 Å². The summed E-state index contributed by atoms with van der Waals surface area (Å²) in [6.45, 7) is 6.02. The lowest BCUT2D eigenvalue weighted by Gasteiger charge is -2.39. The third-order valence-electron chi connectivity index (χ3n) is 6.82. The van der Waals surface area contributed by atoms with E-state index in [1.165, 1.54) is 13.5 Å². The molecular weight excluding hydrogens is 406 g/mol. The van der Waals surface area contributed by atoms with Crippen LogP contribution in [0.15, 0.2) is 40.7 Å². The van der Waals surface area contributed by atoms with Crippen molar-refractivity contribution in [2.75, 3.05) is 7.11 Å². The number of methoxy groups -OCH3 is 1. The number of ether oxygens (including phenoxy) is 2. The van der Waals surface area contributed by atoms with E-state index in [1.807, 2.05) is 13.0 Å². The van der Waals surface area contributed by atoms with Crippen molar-refractivity contribution in [2.24, 2.45) is 5.41 Å². The molecule has 6 heteroatoms. The van der Waals surface area contributed by atoms with Gasteiger partial charge in [-0.1, -0.05) is 26.3 Å². The molecule has 0 saturated heterocycles. The zero-order valence-corrected chi connectivity index (χ0v) is 19.4. The summed E-state index contributed by atoms with van der Waals surface area (Å²) in [5.74, 6) is -0.611. The quantitative estimate of drug-likeness (QED) is 0.651. The average Bonchev–Trinajstić information content (AvgIpc) is 2.72. The molecule has 1 aromatic carbocycles. The van der Waals surface area contributed by atoms with Crippen molar-refractivity contribution in [1.82, 2.24) is 5.32 Å². The fourth-order valence-corrected chi connectivity index (χ4v) is 5.32. The summed E-state index contributed by atoms with van der Waals surface area (Å²) < 4.78 is 11.1. The average molecular weight is 440 g/mol. The number of ketones is 1. The predicted octanol–water partition coefficient (Wildman–Crippen LogP) is 4.88. The van der Waals surface area contributed by atoms with Crippen molar-refractivity contribution in [3.05, 3.63) is 46.3 Å². The largest absolute Gasteiger partial charge is 0.504 e. The van der Waals surface area contributed by atoms with Crippen LogP contribution in [-0.2, 0) is 14.3 Å². The lowest BCUT2D eigenvalue weighted by Crippen LogP contribution is -2.39. The van der Waals surface area contributed by atoms with Gasteiger partial charge in [-0.3, -0.25) is 4.79 Å². The Morgan fingerprint density at radius 1 is 1.16 bits per heavy atom. The second-order valence-electron chi connectivity index (χ2n) is 10.0. The van der Waals surface area contributed by atoms with Crippen molar-refractivity contribution in [1.29, 1.82) is 0 Å².